The summed E-state index contributed by atoms with van der Waals surface area (Å²) < 4.78 is 27.3. The lowest BCUT2D eigenvalue weighted by Gasteiger charge is -2.34. The van der Waals surface area contributed by atoms with Crippen LogP contribution in [0.1, 0.15) is 48.5 Å². The number of hydrogen-bond donors (Lipinski definition) is 1. The minimum absolute atomic E-state index is 0.00392. The molecule has 0 unspecified atom stereocenters. The molecule has 1 saturated heterocycles. The average molecular weight is 311 g/mol. The second-order valence-electron chi connectivity index (χ2n) is 5.46. The van der Waals surface area contributed by atoms with Gasteiger partial charge in [0.15, 0.2) is 0 Å². The summed E-state index contributed by atoms with van der Waals surface area (Å²) in [5, 5.41) is 9.07. The highest BCUT2D eigenvalue weighted by Gasteiger charge is 2.33. The van der Waals surface area contributed by atoms with Crippen LogP contribution in [0.5, 0.6) is 0 Å². The molecule has 1 aliphatic heterocycles. The number of carboxylic acids is 1. The smallest absolute Gasteiger partial charge is 0.335 e. The number of nitrogens with zero attached hydrogens (tertiary/aromatic N) is 1. The molecule has 0 aliphatic carbocycles. The second-order valence-corrected chi connectivity index (χ2v) is 7.32. The van der Waals surface area contributed by atoms with E-state index in [4.69, 9.17) is 5.11 Å². The van der Waals surface area contributed by atoms with Crippen LogP contribution in [0, 0.1) is 6.92 Å². The number of carboxylic acid groups (broad SMARTS) is 1. The largest absolute Gasteiger partial charge is 0.478 e. The molecule has 6 heteroatoms. The van der Waals surface area contributed by atoms with Crippen molar-refractivity contribution in [3.63, 3.8) is 0 Å². The monoisotopic (exact) mass is 311 g/mol. The van der Waals surface area contributed by atoms with Gasteiger partial charge in [-0.15, -0.1) is 0 Å². The third-order valence-electron chi connectivity index (χ3n) is 4.07. The molecule has 2 rings (SSSR count). The van der Waals surface area contributed by atoms with Crippen LogP contribution in [0.2, 0.25) is 0 Å². The molecule has 1 fully saturated rings. The number of rotatable bonds is 4. The molecule has 1 aromatic rings. The van der Waals surface area contributed by atoms with Gasteiger partial charge in [0.2, 0.25) is 10.0 Å². The molecule has 1 heterocycles. The van der Waals surface area contributed by atoms with E-state index in [1.165, 1.54) is 12.1 Å². The van der Waals surface area contributed by atoms with E-state index in [2.05, 4.69) is 0 Å². The van der Waals surface area contributed by atoms with Crippen molar-refractivity contribution in [2.75, 3.05) is 6.54 Å². The first-order valence-electron chi connectivity index (χ1n) is 7.23. The quantitative estimate of drug-likeness (QED) is 0.927. The zero-order chi connectivity index (χ0) is 15.6. The topological polar surface area (TPSA) is 74.7 Å². The Morgan fingerprint density at radius 1 is 1.38 bits per heavy atom. The number of aromatic carboxylic acids is 1. The minimum atomic E-state index is -3.64. The molecule has 0 aromatic heterocycles. The van der Waals surface area contributed by atoms with Gasteiger partial charge in [-0.25, -0.2) is 13.2 Å². The fourth-order valence-corrected chi connectivity index (χ4v) is 4.86. The first-order chi connectivity index (χ1) is 9.87. The van der Waals surface area contributed by atoms with E-state index in [1.54, 1.807) is 17.3 Å². The van der Waals surface area contributed by atoms with Crippen molar-refractivity contribution in [3.05, 3.63) is 29.3 Å². The van der Waals surface area contributed by atoms with Crippen molar-refractivity contribution in [2.24, 2.45) is 0 Å². The Hall–Kier alpha value is -1.40. The zero-order valence-corrected chi connectivity index (χ0v) is 13.2. The summed E-state index contributed by atoms with van der Waals surface area (Å²) in [5.41, 5.74) is 0.588. The molecule has 0 radical (unpaired) electrons. The summed E-state index contributed by atoms with van der Waals surface area (Å²) in [6.07, 6.45) is 3.54. The Morgan fingerprint density at radius 2 is 2.10 bits per heavy atom. The molecule has 21 heavy (non-hydrogen) atoms. The molecule has 0 amide bonds. The number of carbonyl (C=O) groups is 1. The van der Waals surface area contributed by atoms with Crippen molar-refractivity contribution in [1.29, 1.82) is 0 Å². The second kappa shape index (κ2) is 6.15. The highest BCUT2D eigenvalue weighted by atomic mass is 32.2. The van der Waals surface area contributed by atoms with Gasteiger partial charge >= 0.3 is 5.97 Å². The molecule has 1 aromatic carbocycles. The van der Waals surface area contributed by atoms with Crippen LogP contribution in [0.3, 0.4) is 0 Å². The molecule has 1 aliphatic rings. The first-order valence-corrected chi connectivity index (χ1v) is 8.67. The highest BCUT2D eigenvalue weighted by Crippen LogP contribution is 2.29. The summed E-state index contributed by atoms with van der Waals surface area (Å²) in [5.74, 6) is -1.11. The lowest BCUT2D eigenvalue weighted by atomic mass is 10.0. The first kappa shape index (κ1) is 16.0. The van der Waals surface area contributed by atoms with Gasteiger partial charge in [-0.1, -0.05) is 19.4 Å². The van der Waals surface area contributed by atoms with E-state index in [-0.39, 0.29) is 16.5 Å². The van der Waals surface area contributed by atoms with Gasteiger partial charge in [-0.2, -0.15) is 4.31 Å². The molecule has 1 N–H and O–H groups in total. The van der Waals surface area contributed by atoms with Crippen molar-refractivity contribution >= 4 is 16.0 Å². The van der Waals surface area contributed by atoms with Gasteiger partial charge in [0.1, 0.15) is 0 Å². The Kier molecular flexibility index (Phi) is 4.68. The summed E-state index contributed by atoms with van der Waals surface area (Å²) >= 11 is 0. The van der Waals surface area contributed by atoms with E-state index < -0.39 is 16.0 Å². The van der Waals surface area contributed by atoms with E-state index in [9.17, 15) is 13.2 Å². The van der Waals surface area contributed by atoms with Crippen LogP contribution in [0.15, 0.2) is 23.1 Å². The number of benzene rings is 1. The van der Waals surface area contributed by atoms with Crippen molar-refractivity contribution in [3.8, 4) is 0 Å². The Balaban J connectivity index is 2.47. The maximum atomic E-state index is 12.9. The minimum Gasteiger partial charge on any atom is -0.478 e. The lowest BCUT2D eigenvalue weighted by molar-refractivity contribution is 0.0696. The molecular weight excluding hydrogens is 290 g/mol. The van der Waals surface area contributed by atoms with Crippen molar-refractivity contribution in [1.82, 2.24) is 4.31 Å². The predicted molar refractivity (Wildman–Crippen MR) is 80.0 cm³/mol. The van der Waals surface area contributed by atoms with Crippen molar-refractivity contribution in [2.45, 2.75) is 50.5 Å². The zero-order valence-electron chi connectivity index (χ0n) is 12.4. The van der Waals surface area contributed by atoms with Gasteiger partial charge in [-0.3, -0.25) is 0 Å². The van der Waals surface area contributed by atoms with E-state index in [0.717, 1.165) is 25.7 Å². The Bertz CT molecular complexity index is 639. The maximum absolute atomic E-state index is 12.9. The third kappa shape index (κ3) is 3.11. The van der Waals surface area contributed by atoms with Crippen LogP contribution in [-0.4, -0.2) is 36.4 Å². The van der Waals surface area contributed by atoms with E-state index >= 15 is 0 Å². The normalized spacial score (nSPS) is 20.4. The predicted octanol–water partition coefficient (Wildman–Crippen LogP) is 2.65. The number of aryl methyl sites for hydroxylation is 1. The molecular formula is C15H21NO4S. The molecule has 1 atom stereocenters. The van der Waals surface area contributed by atoms with E-state index in [1.807, 2.05) is 6.92 Å². The number of hydrogen-bond acceptors (Lipinski definition) is 3. The lowest BCUT2D eigenvalue weighted by Crippen LogP contribution is -2.43. The van der Waals surface area contributed by atoms with Crippen LogP contribution in [0.25, 0.3) is 0 Å². The van der Waals surface area contributed by atoms with Crippen LogP contribution >= 0.6 is 0 Å². The molecule has 0 bridgehead atoms. The van der Waals surface area contributed by atoms with Gasteiger partial charge in [0.25, 0.3) is 0 Å². The standard InChI is InChI=1S/C15H21NO4S/c1-3-13-6-4-5-9-16(13)21(19,20)14-10-12(15(17)18)8-7-11(14)2/h7-8,10,13H,3-6,9H2,1-2H3,(H,17,18)/t13-/m0/s1. The summed E-state index contributed by atoms with van der Waals surface area (Å²) in [7, 11) is -3.64. The van der Waals surface area contributed by atoms with Crippen LogP contribution in [0.4, 0.5) is 0 Å². The molecule has 116 valence electrons. The third-order valence-corrected chi connectivity index (χ3v) is 6.16. The van der Waals surface area contributed by atoms with E-state index in [0.29, 0.717) is 12.1 Å². The molecule has 5 nitrogen and oxygen atoms in total. The van der Waals surface area contributed by atoms with Gasteiger partial charge in [0.05, 0.1) is 10.5 Å². The average Bonchev–Trinajstić information content (AvgIpc) is 2.47. The number of sulfonamides is 1. The molecule has 0 saturated carbocycles. The molecule has 0 spiro atoms. The summed E-state index contributed by atoms with van der Waals surface area (Å²) in [6, 6.07) is 4.27. The van der Waals surface area contributed by atoms with Gasteiger partial charge in [-0.05, 0) is 43.9 Å². The Morgan fingerprint density at radius 3 is 2.71 bits per heavy atom. The van der Waals surface area contributed by atoms with Crippen molar-refractivity contribution < 1.29 is 18.3 Å². The fraction of sp³-hybridized carbons (Fsp3) is 0.533. The fourth-order valence-electron chi connectivity index (χ4n) is 2.84. The maximum Gasteiger partial charge on any atom is 0.335 e. The Labute approximate surface area is 125 Å². The van der Waals surface area contributed by atoms with Crippen LogP contribution in [-0.2, 0) is 10.0 Å². The summed E-state index contributed by atoms with van der Waals surface area (Å²) in [6.45, 7) is 4.19. The van der Waals surface area contributed by atoms with Gasteiger partial charge in [0, 0.05) is 12.6 Å². The van der Waals surface area contributed by atoms with Gasteiger partial charge < -0.3 is 5.11 Å². The number of piperidine rings is 1. The highest BCUT2D eigenvalue weighted by molar-refractivity contribution is 7.89. The SMILES string of the molecule is CC[C@H]1CCCCN1S(=O)(=O)c1cc(C(=O)O)ccc1C. The van der Waals surface area contributed by atoms with Crippen LogP contribution < -0.4 is 0 Å². The summed E-state index contributed by atoms with van der Waals surface area (Å²) in [4.78, 5) is 11.2.